The molecule has 0 aromatic carbocycles. The van der Waals surface area contributed by atoms with Gasteiger partial charge in [0.15, 0.2) is 0 Å². The summed E-state index contributed by atoms with van der Waals surface area (Å²) in [6.45, 7) is 3.10. The zero-order valence-corrected chi connectivity index (χ0v) is 10.5. The molecule has 0 aliphatic carbocycles. The number of Topliss-reactive ketones (excluding diaryl/α,β-unsaturated/α-hetero) is 1. The highest BCUT2D eigenvalue weighted by Gasteiger charge is 2.20. The van der Waals surface area contributed by atoms with Crippen LogP contribution in [0, 0.1) is 13.8 Å². The number of carbonyl (C=O) groups excluding carboxylic acids is 1. The molecule has 0 radical (unpaired) electrons. The number of aryl methyl sites for hydroxylation is 3. The van der Waals surface area contributed by atoms with Gasteiger partial charge < -0.3 is 5.11 Å². The number of aliphatic hydroxyl groups is 1. The molecule has 2 aromatic rings. The number of hydrogen-bond donors (Lipinski definition) is 1. The van der Waals surface area contributed by atoms with Gasteiger partial charge in [-0.2, -0.15) is 5.10 Å². The van der Waals surface area contributed by atoms with Crippen molar-refractivity contribution in [2.75, 3.05) is 6.61 Å². The van der Waals surface area contributed by atoms with Gasteiger partial charge in [-0.3, -0.25) is 14.5 Å². The molecule has 0 fully saturated rings. The summed E-state index contributed by atoms with van der Waals surface area (Å²) in [6, 6.07) is 0. The van der Waals surface area contributed by atoms with E-state index in [2.05, 4.69) is 15.1 Å². The Morgan fingerprint density at radius 3 is 2.78 bits per heavy atom. The topological polar surface area (TPSA) is 80.9 Å². The monoisotopic (exact) mass is 246 g/mol. The van der Waals surface area contributed by atoms with E-state index in [1.54, 1.807) is 19.4 Å². The molecular weight excluding hydrogens is 232 g/mol. The Morgan fingerprint density at radius 2 is 2.11 bits per heavy atom. The van der Waals surface area contributed by atoms with Crippen molar-refractivity contribution in [3.8, 4) is 11.3 Å². The predicted octanol–water partition coefficient (Wildman–Crippen LogP) is 0.669. The number of aliphatic hydroxyl groups excluding tert-OH is 1. The van der Waals surface area contributed by atoms with Gasteiger partial charge in [0.05, 0.1) is 28.8 Å². The van der Waals surface area contributed by atoms with Crippen LogP contribution in [0.25, 0.3) is 11.3 Å². The molecule has 18 heavy (non-hydrogen) atoms. The van der Waals surface area contributed by atoms with E-state index in [1.165, 1.54) is 4.68 Å². The minimum Gasteiger partial charge on any atom is -0.388 e. The van der Waals surface area contributed by atoms with Gasteiger partial charge in [-0.1, -0.05) is 0 Å². The van der Waals surface area contributed by atoms with Crippen molar-refractivity contribution in [3.05, 3.63) is 29.5 Å². The lowest BCUT2D eigenvalue weighted by atomic mass is 10.1. The summed E-state index contributed by atoms with van der Waals surface area (Å²) in [6.07, 6.45) is 3.24. The highest BCUT2D eigenvalue weighted by Crippen LogP contribution is 2.24. The standard InChI is InChI=1S/C12H14N4O2/c1-7-4-13-8(2)11(15-7)9-5-14-16(3)12(9)10(18)6-17/h4-5,17H,6H2,1-3H3. The average molecular weight is 246 g/mol. The summed E-state index contributed by atoms with van der Waals surface area (Å²) in [5.41, 5.74) is 3.06. The summed E-state index contributed by atoms with van der Waals surface area (Å²) in [7, 11) is 1.66. The lowest BCUT2D eigenvalue weighted by Gasteiger charge is -2.06. The van der Waals surface area contributed by atoms with E-state index in [9.17, 15) is 4.79 Å². The summed E-state index contributed by atoms with van der Waals surface area (Å²) in [5, 5.41) is 13.0. The lowest BCUT2D eigenvalue weighted by molar-refractivity contribution is 0.0895. The summed E-state index contributed by atoms with van der Waals surface area (Å²) in [5.74, 6) is -0.382. The Morgan fingerprint density at radius 1 is 1.39 bits per heavy atom. The molecule has 6 heteroatoms. The van der Waals surface area contributed by atoms with Crippen molar-refractivity contribution in [1.82, 2.24) is 19.7 Å². The third-order valence-corrected chi connectivity index (χ3v) is 2.68. The zero-order valence-electron chi connectivity index (χ0n) is 10.5. The van der Waals surface area contributed by atoms with Crippen molar-refractivity contribution < 1.29 is 9.90 Å². The van der Waals surface area contributed by atoms with Crippen molar-refractivity contribution in [3.63, 3.8) is 0 Å². The van der Waals surface area contributed by atoms with Crippen LogP contribution in [0.1, 0.15) is 21.9 Å². The third kappa shape index (κ3) is 2.02. The Labute approximate surface area is 104 Å². The van der Waals surface area contributed by atoms with Crippen LogP contribution in [0.5, 0.6) is 0 Å². The first-order valence-electron chi connectivity index (χ1n) is 5.51. The van der Waals surface area contributed by atoms with Crippen molar-refractivity contribution in [1.29, 1.82) is 0 Å². The van der Waals surface area contributed by atoms with E-state index < -0.39 is 6.61 Å². The van der Waals surface area contributed by atoms with Gasteiger partial charge in [0.25, 0.3) is 0 Å². The fourth-order valence-corrected chi connectivity index (χ4v) is 1.81. The molecular formula is C12H14N4O2. The maximum Gasteiger partial charge on any atom is 0.206 e. The first-order chi connectivity index (χ1) is 8.54. The Bertz CT molecular complexity index is 604. The normalized spacial score (nSPS) is 10.7. The van der Waals surface area contributed by atoms with Gasteiger partial charge >= 0.3 is 0 Å². The maximum atomic E-state index is 11.7. The summed E-state index contributed by atoms with van der Waals surface area (Å²) < 4.78 is 1.44. The molecule has 0 spiro atoms. The molecule has 0 saturated carbocycles. The van der Waals surface area contributed by atoms with Crippen LogP contribution in [-0.2, 0) is 7.05 Å². The van der Waals surface area contributed by atoms with Crippen LogP contribution >= 0.6 is 0 Å². The molecule has 0 saturated heterocycles. The zero-order chi connectivity index (χ0) is 13.3. The van der Waals surface area contributed by atoms with E-state index in [-0.39, 0.29) is 5.78 Å². The Kier molecular flexibility index (Phi) is 3.20. The molecule has 1 N–H and O–H groups in total. The number of aromatic nitrogens is 4. The van der Waals surface area contributed by atoms with Gasteiger partial charge in [-0.15, -0.1) is 0 Å². The van der Waals surface area contributed by atoms with Crippen LogP contribution < -0.4 is 0 Å². The van der Waals surface area contributed by atoms with Crippen molar-refractivity contribution in [2.45, 2.75) is 13.8 Å². The molecule has 2 heterocycles. The molecule has 94 valence electrons. The minimum absolute atomic E-state index is 0.348. The van der Waals surface area contributed by atoms with Gasteiger partial charge in [-0.05, 0) is 13.8 Å². The largest absolute Gasteiger partial charge is 0.388 e. The minimum atomic E-state index is -0.551. The van der Waals surface area contributed by atoms with Crippen LogP contribution in [0.15, 0.2) is 12.4 Å². The highest BCUT2D eigenvalue weighted by atomic mass is 16.3. The summed E-state index contributed by atoms with van der Waals surface area (Å²) in [4.78, 5) is 20.3. The Hall–Kier alpha value is -2.08. The van der Waals surface area contributed by atoms with E-state index in [0.29, 0.717) is 17.0 Å². The van der Waals surface area contributed by atoms with E-state index in [4.69, 9.17) is 5.11 Å². The smallest absolute Gasteiger partial charge is 0.206 e. The van der Waals surface area contributed by atoms with E-state index >= 15 is 0 Å². The number of carbonyl (C=O) groups is 1. The second-order valence-corrected chi connectivity index (χ2v) is 4.06. The van der Waals surface area contributed by atoms with Crippen LogP contribution in [0.3, 0.4) is 0 Å². The van der Waals surface area contributed by atoms with Gasteiger partial charge in [0, 0.05) is 13.2 Å². The highest BCUT2D eigenvalue weighted by molar-refractivity contribution is 6.01. The van der Waals surface area contributed by atoms with Crippen LogP contribution in [0.4, 0.5) is 0 Å². The molecule has 0 aliphatic rings. The molecule has 6 nitrogen and oxygen atoms in total. The van der Waals surface area contributed by atoms with Gasteiger partial charge in [-0.25, -0.2) is 4.98 Å². The van der Waals surface area contributed by atoms with E-state index in [1.807, 2.05) is 13.8 Å². The fraction of sp³-hybridized carbons (Fsp3) is 0.333. The molecule has 2 rings (SSSR count). The molecule has 0 aliphatic heterocycles. The summed E-state index contributed by atoms with van der Waals surface area (Å²) >= 11 is 0. The quantitative estimate of drug-likeness (QED) is 0.805. The van der Waals surface area contributed by atoms with Crippen molar-refractivity contribution in [2.24, 2.45) is 7.05 Å². The third-order valence-electron chi connectivity index (χ3n) is 2.68. The SMILES string of the molecule is Cc1cnc(C)c(-c2cnn(C)c2C(=O)CO)n1. The first kappa shape index (κ1) is 12.4. The number of nitrogens with zero attached hydrogens (tertiary/aromatic N) is 4. The predicted molar refractivity (Wildman–Crippen MR) is 65.1 cm³/mol. The fourth-order valence-electron chi connectivity index (χ4n) is 1.81. The van der Waals surface area contributed by atoms with Gasteiger partial charge in [0.1, 0.15) is 12.3 Å². The molecule has 0 unspecified atom stereocenters. The second kappa shape index (κ2) is 4.66. The lowest BCUT2D eigenvalue weighted by Crippen LogP contribution is -2.12. The number of ketones is 1. The van der Waals surface area contributed by atoms with Crippen LogP contribution in [0.2, 0.25) is 0 Å². The van der Waals surface area contributed by atoms with Crippen molar-refractivity contribution >= 4 is 5.78 Å². The van der Waals surface area contributed by atoms with E-state index in [0.717, 1.165) is 11.4 Å². The molecule has 0 bridgehead atoms. The number of hydrogen-bond acceptors (Lipinski definition) is 5. The van der Waals surface area contributed by atoms with Crippen LogP contribution in [-0.4, -0.2) is 37.2 Å². The Balaban J connectivity index is 2.64. The molecule has 0 amide bonds. The number of rotatable bonds is 3. The second-order valence-electron chi connectivity index (χ2n) is 4.06. The van der Waals surface area contributed by atoms with Gasteiger partial charge in [0.2, 0.25) is 5.78 Å². The molecule has 2 aromatic heterocycles. The maximum absolute atomic E-state index is 11.7. The average Bonchev–Trinajstić information content (AvgIpc) is 2.73. The molecule has 0 atom stereocenters. The first-order valence-corrected chi connectivity index (χ1v) is 5.51.